The molecule has 0 spiro atoms. The van der Waals surface area contributed by atoms with Gasteiger partial charge in [-0.25, -0.2) is 0 Å². The fourth-order valence-corrected chi connectivity index (χ4v) is 2.93. The van der Waals surface area contributed by atoms with E-state index in [1.54, 1.807) is 28.8 Å². The molecule has 11 heteroatoms. The van der Waals surface area contributed by atoms with Crippen LogP contribution in [0.25, 0.3) is 16.8 Å². The number of oxazole rings is 1. The topological polar surface area (TPSA) is 48.9 Å². The van der Waals surface area contributed by atoms with Crippen LogP contribution in [0, 0.1) is 0 Å². The van der Waals surface area contributed by atoms with E-state index in [2.05, 4.69) is 14.5 Å². The van der Waals surface area contributed by atoms with E-state index in [0.29, 0.717) is 16.8 Å². The average Bonchev–Trinajstić information content (AvgIpc) is 3.06. The minimum absolute atomic E-state index is 0.0557. The van der Waals surface area contributed by atoms with Crippen molar-refractivity contribution in [1.82, 2.24) is 4.57 Å². The van der Waals surface area contributed by atoms with Gasteiger partial charge >= 0.3 is 18.4 Å². The summed E-state index contributed by atoms with van der Waals surface area (Å²) in [5.41, 5.74) is 1.77. The molecule has 3 aromatic carbocycles. The Morgan fingerprint density at radius 1 is 0.688 bits per heavy atom. The second-order valence-electron chi connectivity index (χ2n) is 6.38. The maximum absolute atomic E-state index is 12.4. The lowest BCUT2D eigenvalue weighted by Gasteiger charge is -2.10. The van der Waals surface area contributed by atoms with Crippen molar-refractivity contribution in [2.75, 3.05) is 0 Å². The van der Waals surface area contributed by atoms with Crippen LogP contribution in [0.4, 0.5) is 32.0 Å². The number of ether oxygens (including phenoxy) is 2. The molecule has 0 aliphatic rings. The molecule has 4 rings (SSSR count). The molecule has 1 heterocycles. The third-order valence-corrected chi connectivity index (χ3v) is 4.12. The van der Waals surface area contributed by atoms with Crippen LogP contribution in [0.3, 0.4) is 0 Å². The first-order chi connectivity index (χ1) is 15.1. The number of rotatable bonds is 4. The summed E-state index contributed by atoms with van der Waals surface area (Å²) >= 11 is 0. The van der Waals surface area contributed by atoms with Crippen LogP contribution in [0.1, 0.15) is 0 Å². The predicted octanol–water partition coefficient (Wildman–Crippen LogP) is 6.25. The lowest BCUT2D eigenvalue weighted by Crippen LogP contribution is -2.17. The standard InChI is InChI=1S/C21H12F6N2O3/c22-20(23,24)31-15-9-5-13(6-10-15)28-19-29(17-3-1-2-4-18(17)30-19)14-7-11-16(12-8-14)32-21(25,26)27/h1-12H. The molecule has 0 unspecified atom stereocenters. The highest BCUT2D eigenvalue weighted by atomic mass is 19.4. The Labute approximate surface area is 175 Å². The Balaban J connectivity index is 1.76. The van der Waals surface area contributed by atoms with Gasteiger partial charge in [-0.15, -0.1) is 26.3 Å². The van der Waals surface area contributed by atoms with Crippen LogP contribution in [-0.2, 0) is 0 Å². The van der Waals surface area contributed by atoms with Gasteiger partial charge in [0.15, 0.2) is 5.58 Å². The number of nitrogens with zero attached hydrogens (tertiary/aromatic N) is 2. The van der Waals surface area contributed by atoms with E-state index < -0.39 is 24.2 Å². The number of fused-ring (bicyclic) bond motifs is 1. The molecule has 0 N–H and O–H groups in total. The minimum atomic E-state index is -4.82. The summed E-state index contributed by atoms with van der Waals surface area (Å²) < 4.78 is 89.3. The minimum Gasteiger partial charge on any atom is -0.423 e. The molecule has 32 heavy (non-hydrogen) atoms. The van der Waals surface area contributed by atoms with Gasteiger partial charge in [0.05, 0.1) is 16.9 Å². The summed E-state index contributed by atoms with van der Waals surface area (Å²) in [6, 6.07) is 16.7. The maximum atomic E-state index is 12.4. The SMILES string of the molecule is FC(F)(F)Oc1ccc(N=c2oc3ccccc3n2-c2ccc(OC(F)(F)F)cc2)cc1. The van der Waals surface area contributed by atoms with Crippen molar-refractivity contribution in [1.29, 1.82) is 0 Å². The number of benzene rings is 3. The zero-order chi connectivity index (χ0) is 22.9. The molecule has 0 radical (unpaired) electrons. The molecule has 166 valence electrons. The van der Waals surface area contributed by atoms with E-state index in [9.17, 15) is 26.3 Å². The second kappa shape index (κ2) is 7.98. The normalized spacial score (nSPS) is 12.9. The lowest BCUT2D eigenvalue weighted by molar-refractivity contribution is -0.275. The lowest BCUT2D eigenvalue weighted by atomic mass is 10.2. The van der Waals surface area contributed by atoms with Gasteiger partial charge in [0.25, 0.3) is 0 Å². The molecular weight excluding hydrogens is 442 g/mol. The first-order valence-electron chi connectivity index (χ1n) is 8.95. The van der Waals surface area contributed by atoms with Gasteiger partial charge in [0.2, 0.25) is 0 Å². The number of alkyl halides is 6. The molecule has 0 saturated carbocycles. The Morgan fingerprint density at radius 3 is 1.78 bits per heavy atom. The van der Waals surface area contributed by atoms with E-state index >= 15 is 0 Å². The largest absolute Gasteiger partial charge is 0.573 e. The van der Waals surface area contributed by atoms with Crippen LogP contribution in [0.2, 0.25) is 0 Å². The van der Waals surface area contributed by atoms with Crippen molar-refractivity contribution in [3.63, 3.8) is 0 Å². The number of aromatic nitrogens is 1. The van der Waals surface area contributed by atoms with Crippen LogP contribution in [-0.4, -0.2) is 17.3 Å². The molecule has 0 fully saturated rings. The number of halogens is 6. The van der Waals surface area contributed by atoms with E-state index in [1.165, 1.54) is 24.3 Å². The third kappa shape index (κ3) is 5.05. The van der Waals surface area contributed by atoms with Crippen molar-refractivity contribution in [2.45, 2.75) is 12.7 Å². The van der Waals surface area contributed by atoms with Gasteiger partial charge in [0, 0.05) is 0 Å². The highest BCUT2D eigenvalue weighted by Gasteiger charge is 2.31. The van der Waals surface area contributed by atoms with Crippen molar-refractivity contribution < 1.29 is 40.2 Å². The highest BCUT2D eigenvalue weighted by Crippen LogP contribution is 2.26. The van der Waals surface area contributed by atoms with Crippen molar-refractivity contribution in [3.8, 4) is 17.2 Å². The first kappa shape index (κ1) is 21.3. The maximum Gasteiger partial charge on any atom is 0.573 e. The van der Waals surface area contributed by atoms with Crippen LogP contribution in [0.15, 0.2) is 82.2 Å². The van der Waals surface area contributed by atoms with Gasteiger partial charge in [0.1, 0.15) is 11.5 Å². The van der Waals surface area contributed by atoms with Crippen LogP contribution >= 0.6 is 0 Å². The van der Waals surface area contributed by atoms with Crippen molar-refractivity contribution in [2.24, 2.45) is 4.99 Å². The Hall–Kier alpha value is -3.89. The van der Waals surface area contributed by atoms with Crippen LogP contribution < -0.4 is 15.2 Å². The summed E-state index contributed by atoms with van der Waals surface area (Å²) in [7, 11) is 0. The smallest absolute Gasteiger partial charge is 0.423 e. The summed E-state index contributed by atoms with van der Waals surface area (Å²) in [5, 5.41) is 0. The molecule has 0 atom stereocenters. The molecule has 0 aliphatic heterocycles. The number of hydrogen-bond acceptors (Lipinski definition) is 4. The third-order valence-electron chi connectivity index (χ3n) is 4.12. The summed E-state index contributed by atoms with van der Waals surface area (Å²) in [6.45, 7) is 0. The summed E-state index contributed by atoms with van der Waals surface area (Å²) in [6.07, 6.45) is -9.64. The Bertz CT molecular complexity index is 1290. The fourth-order valence-electron chi connectivity index (χ4n) is 2.93. The monoisotopic (exact) mass is 454 g/mol. The van der Waals surface area contributed by atoms with Crippen molar-refractivity contribution >= 4 is 16.8 Å². The fraction of sp³-hybridized carbons (Fsp3) is 0.0952. The van der Waals surface area contributed by atoms with Gasteiger partial charge in [-0.05, 0) is 60.7 Å². The first-order valence-corrected chi connectivity index (χ1v) is 8.95. The molecule has 1 aromatic heterocycles. The van der Waals surface area contributed by atoms with E-state index in [0.717, 1.165) is 24.3 Å². The molecule has 4 aromatic rings. The van der Waals surface area contributed by atoms with Gasteiger partial charge < -0.3 is 13.9 Å². The molecule has 0 aliphatic carbocycles. The summed E-state index contributed by atoms with van der Waals surface area (Å²) in [5.74, 6) is -0.803. The molecule has 0 bridgehead atoms. The molecule has 5 nitrogen and oxygen atoms in total. The van der Waals surface area contributed by atoms with Crippen molar-refractivity contribution in [3.05, 3.63) is 78.5 Å². The molecule has 0 amide bonds. The van der Waals surface area contributed by atoms with Crippen LogP contribution in [0.5, 0.6) is 11.5 Å². The number of hydrogen-bond donors (Lipinski definition) is 0. The Morgan fingerprint density at radius 2 is 1.22 bits per heavy atom. The molecular formula is C21H12F6N2O3. The molecule has 0 saturated heterocycles. The predicted molar refractivity (Wildman–Crippen MR) is 101 cm³/mol. The van der Waals surface area contributed by atoms with Gasteiger partial charge in [-0.1, -0.05) is 12.1 Å². The van der Waals surface area contributed by atoms with E-state index in [4.69, 9.17) is 4.42 Å². The van der Waals surface area contributed by atoms with Gasteiger partial charge in [-0.2, -0.15) is 4.99 Å². The van der Waals surface area contributed by atoms with E-state index in [1.807, 2.05) is 0 Å². The zero-order valence-corrected chi connectivity index (χ0v) is 15.8. The highest BCUT2D eigenvalue weighted by molar-refractivity contribution is 5.75. The quantitative estimate of drug-likeness (QED) is 0.343. The average molecular weight is 454 g/mol. The van der Waals surface area contributed by atoms with E-state index in [-0.39, 0.29) is 11.4 Å². The number of para-hydroxylation sites is 2. The second-order valence-corrected chi connectivity index (χ2v) is 6.38. The summed E-state index contributed by atoms with van der Waals surface area (Å²) in [4.78, 5) is 4.32. The zero-order valence-electron chi connectivity index (χ0n) is 15.8. The van der Waals surface area contributed by atoms with Gasteiger partial charge in [-0.3, -0.25) is 4.57 Å². The Kier molecular flexibility index (Phi) is 5.33.